The molecule has 0 spiro atoms. The zero-order chi connectivity index (χ0) is 24.8. The Balaban J connectivity index is 1.37. The summed E-state index contributed by atoms with van der Waals surface area (Å²) in [6, 6.07) is 41.5. The molecule has 1 N–H and O–H groups in total. The molecule has 4 aromatic carbocycles. The van der Waals surface area contributed by atoms with Crippen molar-refractivity contribution in [1.29, 1.82) is 0 Å². The average Bonchev–Trinajstić information content (AvgIpc) is 2.93. The summed E-state index contributed by atoms with van der Waals surface area (Å²) in [7, 11) is 0. The summed E-state index contributed by atoms with van der Waals surface area (Å²) in [5.41, 5.74) is 5.65. The Morgan fingerprint density at radius 3 is 1.56 bits per heavy atom. The van der Waals surface area contributed by atoms with Crippen LogP contribution in [0.2, 0.25) is 0 Å². The van der Waals surface area contributed by atoms with Gasteiger partial charge in [0.25, 0.3) is 0 Å². The van der Waals surface area contributed by atoms with Crippen LogP contribution in [0.3, 0.4) is 0 Å². The van der Waals surface area contributed by atoms with Crippen molar-refractivity contribution in [3.63, 3.8) is 0 Å². The molecule has 0 aliphatic carbocycles. The molecule has 0 aromatic heterocycles. The molecule has 4 aromatic rings. The Morgan fingerprint density at radius 2 is 1.11 bits per heavy atom. The second-order valence-electron chi connectivity index (χ2n) is 10.5. The Labute approximate surface area is 216 Å². The minimum absolute atomic E-state index is 0.223. The number of aliphatic hydroxyl groups is 1. The van der Waals surface area contributed by atoms with Crippen LogP contribution in [0.25, 0.3) is 0 Å². The predicted octanol–water partition coefficient (Wildman–Crippen LogP) is 6.79. The second-order valence-corrected chi connectivity index (χ2v) is 10.5. The maximum atomic E-state index is 11.3. The first-order valence-corrected chi connectivity index (χ1v) is 13.2. The standard InChI is InChI=1S/C34H37NO/c1-28-17-19-29(20-18-28)27-33(36)21-24-35(25-22-33)26-23-34(30-11-5-2-6-12-30,31-13-7-3-8-14-31)32-15-9-4-10-16-32/h2-20,36H,21-27H2,1H3. The van der Waals surface area contributed by atoms with Crippen LogP contribution in [-0.4, -0.2) is 35.2 Å². The molecule has 5 rings (SSSR count). The van der Waals surface area contributed by atoms with E-state index >= 15 is 0 Å². The van der Waals surface area contributed by atoms with Crippen molar-refractivity contribution < 1.29 is 5.11 Å². The van der Waals surface area contributed by atoms with Gasteiger partial charge in [0, 0.05) is 24.9 Å². The zero-order valence-electron chi connectivity index (χ0n) is 21.3. The van der Waals surface area contributed by atoms with Gasteiger partial charge in [0.05, 0.1) is 5.60 Å². The van der Waals surface area contributed by atoms with E-state index in [0.717, 1.165) is 45.3 Å². The fourth-order valence-electron chi connectivity index (χ4n) is 5.88. The summed E-state index contributed by atoms with van der Waals surface area (Å²) < 4.78 is 0. The fourth-order valence-corrected chi connectivity index (χ4v) is 5.88. The molecule has 2 nitrogen and oxygen atoms in total. The molecule has 0 unspecified atom stereocenters. The molecule has 184 valence electrons. The highest BCUT2D eigenvalue weighted by atomic mass is 16.3. The third-order valence-corrected chi connectivity index (χ3v) is 8.04. The first kappa shape index (κ1) is 24.5. The van der Waals surface area contributed by atoms with E-state index in [1.54, 1.807) is 0 Å². The van der Waals surface area contributed by atoms with Gasteiger partial charge in [-0.05, 0) is 55.0 Å². The number of hydrogen-bond acceptors (Lipinski definition) is 2. The van der Waals surface area contributed by atoms with Crippen molar-refractivity contribution in [3.8, 4) is 0 Å². The van der Waals surface area contributed by atoms with Crippen LogP contribution >= 0.6 is 0 Å². The van der Waals surface area contributed by atoms with Gasteiger partial charge in [-0.1, -0.05) is 121 Å². The van der Waals surface area contributed by atoms with Gasteiger partial charge in [-0.25, -0.2) is 0 Å². The Kier molecular flexibility index (Phi) is 7.36. The van der Waals surface area contributed by atoms with E-state index < -0.39 is 5.60 Å². The topological polar surface area (TPSA) is 23.5 Å². The van der Waals surface area contributed by atoms with Gasteiger partial charge in [0.15, 0.2) is 0 Å². The average molecular weight is 476 g/mol. The van der Waals surface area contributed by atoms with Crippen molar-refractivity contribution in [2.45, 2.75) is 43.6 Å². The molecule has 1 aliphatic rings. The van der Waals surface area contributed by atoms with Crippen LogP contribution in [0, 0.1) is 6.92 Å². The summed E-state index contributed by atoms with van der Waals surface area (Å²) in [6.45, 7) is 4.95. The maximum absolute atomic E-state index is 11.3. The van der Waals surface area contributed by atoms with Gasteiger partial charge in [-0.3, -0.25) is 0 Å². The molecule has 1 heterocycles. The van der Waals surface area contributed by atoms with Gasteiger partial charge in [0.1, 0.15) is 0 Å². The van der Waals surface area contributed by atoms with Crippen LogP contribution in [0.4, 0.5) is 0 Å². The molecule has 2 heteroatoms. The van der Waals surface area contributed by atoms with Crippen molar-refractivity contribution in [3.05, 3.63) is 143 Å². The number of hydrogen-bond donors (Lipinski definition) is 1. The number of rotatable bonds is 8. The normalized spacial score (nSPS) is 16.1. The highest BCUT2D eigenvalue weighted by molar-refractivity contribution is 5.50. The Morgan fingerprint density at radius 1 is 0.667 bits per heavy atom. The third-order valence-electron chi connectivity index (χ3n) is 8.04. The minimum atomic E-state index is -0.610. The zero-order valence-corrected chi connectivity index (χ0v) is 21.3. The van der Waals surface area contributed by atoms with Gasteiger partial charge in [-0.2, -0.15) is 0 Å². The molecule has 0 saturated carbocycles. The van der Waals surface area contributed by atoms with E-state index in [1.165, 1.54) is 27.8 Å². The molecule has 0 radical (unpaired) electrons. The summed E-state index contributed by atoms with van der Waals surface area (Å²) >= 11 is 0. The smallest absolute Gasteiger partial charge is 0.0712 e. The lowest BCUT2D eigenvalue weighted by atomic mass is 9.67. The summed E-state index contributed by atoms with van der Waals surface area (Å²) in [4.78, 5) is 2.55. The van der Waals surface area contributed by atoms with Crippen LogP contribution in [-0.2, 0) is 11.8 Å². The van der Waals surface area contributed by atoms with Crippen molar-refractivity contribution >= 4 is 0 Å². The summed E-state index contributed by atoms with van der Waals surface area (Å²) in [5, 5.41) is 11.3. The van der Waals surface area contributed by atoms with Crippen molar-refractivity contribution in [2.24, 2.45) is 0 Å². The van der Waals surface area contributed by atoms with Gasteiger partial charge < -0.3 is 10.0 Å². The lowest BCUT2D eigenvalue weighted by Gasteiger charge is -2.41. The summed E-state index contributed by atoms with van der Waals surface area (Å²) in [5.74, 6) is 0. The Bertz CT molecular complexity index is 1110. The number of benzene rings is 4. The number of likely N-dealkylation sites (tertiary alicyclic amines) is 1. The van der Waals surface area contributed by atoms with E-state index in [4.69, 9.17) is 0 Å². The molecular formula is C34H37NO. The number of aryl methyl sites for hydroxylation is 1. The molecule has 1 fully saturated rings. The number of piperidine rings is 1. The van der Waals surface area contributed by atoms with Gasteiger partial charge >= 0.3 is 0 Å². The first-order chi connectivity index (χ1) is 17.6. The number of nitrogens with zero attached hydrogens (tertiary/aromatic N) is 1. The van der Waals surface area contributed by atoms with Crippen molar-refractivity contribution in [2.75, 3.05) is 19.6 Å². The maximum Gasteiger partial charge on any atom is 0.0712 e. The van der Waals surface area contributed by atoms with E-state index in [2.05, 4.69) is 127 Å². The molecule has 36 heavy (non-hydrogen) atoms. The third kappa shape index (κ3) is 5.31. The molecule has 0 bridgehead atoms. The van der Waals surface area contributed by atoms with Crippen molar-refractivity contribution in [1.82, 2.24) is 4.90 Å². The molecule has 1 aliphatic heterocycles. The van der Waals surface area contributed by atoms with Crippen LogP contribution in [0.15, 0.2) is 115 Å². The second kappa shape index (κ2) is 10.8. The van der Waals surface area contributed by atoms with E-state index in [9.17, 15) is 5.11 Å². The van der Waals surface area contributed by atoms with Crippen LogP contribution < -0.4 is 0 Å². The van der Waals surface area contributed by atoms with Gasteiger partial charge in [0.2, 0.25) is 0 Å². The van der Waals surface area contributed by atoms with Gasteiger partial charge in [-0.15, -0.1) is 0 Å². The van der Waals surface area contributed by atoms with Crippen LogP contribution in [0.5, 0.6) is 0 Å². The minimum Gasteiger partial charge on any atom is -0.389 e. The lowest BCUT2D eigenvalue weighted by molar-refractivity contribution is -0.0213. The quantitative estimate of drug-likeness (QED) is 0.284. The molecule has 0 amide bonds. The van der Waals surface area contributed by atoms with E-state index in [1.807, 2.05) is 0 Å². The predicted molar refractivity (Wildman–Crippen MR) is 149 cm³/mol. The Hall–Kier alpha value is -3.20. The lowest BCUT2D eigenvalue weighted by Crippen LogP contribution is -2.47. The molecule has 0 atom stereocenters. The van der Waals surface area contributed by atoms with E-state index in [-0.39, 0.29) is 5.41 Å². The molecular weight excluding hydrogens is 438 g/mol. The largest absolute Gasteiger partial charge is 0.389 e. The first-order valence-electron chi connectivity index (χ1n) is 13.2. The summed E-state index contributed by atoms with van der Waals surface area (Å²) in [6.07, 6.45) is 3.36. The van der Waals surface area contributed by atoms with Crippen LogP contribution in [0.1, 0.15) is 47.1 Å². The molecule has 1 saturated heterocycles. The highest BCUT2D eigenvalue weighted by Gasteiger charge is 2.38. The fraction of sp³-hybridized carbons (Fsp3) is 0.294. The van der Waals surface area contributed by atoms with E-state index in [0.29, 0.717) is 0 Å². The highest BCUT2D eigenvalue weighted by Crippen LogP contribution is 2.42. The SMILES string of the molecule is Cc1ccc(CC2(O)CCN(CCC(c3ccccc3)(c3ccccc3)c3ccccc3)CC2)cc1. The monoisotopic (exact) mass is 475 g/mol.